The average Bonchev–Trinajstić information content (AvgIpc) is 3.30. The molecule has 2 aromatic carbocycles. The van der Waals surface area contributed by atoms with Crippen molar-refractivity contribution in [2.24, 2.45) is 0 Å². The Balaban J connectivity index is 0.00000361. The summed E-state index contributed by atoms with van der Waals surface area (Å²) >= 11 is 0. The van der Waals surface area contributed by atoms with Gasteiger partial charge in [0.25, 0.3) is 0 Å². The number of nitrogens with one attached hydrogen (secondary N) is 1. The number of aromatic nitrogens is 2. The zero-order valence-electron chi connectivity index (χ0n) is 21.1. The summed E-state index contributed by atoms with van der Waals surface area (Å²) in [5.74, 6) is -0.0608. The first-order chi connectivity index (χ1) is 17.0. The number of imidazole rings is 1. The monoisotopic (exact) mass is 511 g/mol. The summed E-state index contributed by atoms with van der Waals surface area (Å²) in [7, 11) is -1.19. The Bertz CT molecular complexity index is 1120. The van der Waals surface area contributed by atoms with Crippen LogP contribution in [0.2, 0.25) is 0 Å². The molecular formula is C27H37N5O3S. The fourth-order valence-corrected chi connectivity index (χ4v) is 5.36. The van der Waals surface area contributed by atoms with Crippen molar-refractivity contribution in [3.63, 3.8) is 0 Å². The molecular weight excluding hydrogens is 474 g/mol. The van der Waals surface area contributed by atoms with E-state index in [1.807, 2.05) is 35.0 Å². The van der Waals surface area contributed by atoms with Crippen LogP contribution in [-0.4, -0.2) is 79.4 Å². The molecule has 1 fully saturated rings. The van der Waals surface area contributed by atoms with Gasteiger partial charge in [-0.2, -0.15) is 0 Å². The lowest BCUT2D eigenvalue weighted by atomic mass is 10.1. The molecule has 0 aliphatic carbocycles. The molecule has 1 aromatic heterocycles. The van der Waals surface area contributed by atoms with Crippen molar-refractivity contribution in [1.82, 2.24) is 24.1 Å². The Morgan fingerprint density at radius 2 is 1.81 bits per heavy atom. The fraction of sp³-hybridized carbons (Fsp3) is 0.407. The molecule has 9 heteroatoms. The number of benzene rings is 2. The van der Waals surface area contributed by atoms with Gasteiger partial charge in [-0.05, 0) is 24.5 Å². The number of carbonyl (C=O) groups is 1. The summed E-state index contributed by atoms with van der Waals surface area (Å²) in [6, 6.07) is 18.5. The van der Waals surface area contributed by atoms with E-state index < -0.39 is 17.0 Å². The third-order valence-electron chi connectivity index (χ3n) is 6.56. The molecule has 1 aliphatic heterocycles. The molecule has 2 heterocycles. The van der Waals surface area contributed by atoms with E-state index in [2.05, 4.69) is 63.1 Å². The molecule has 2 atom stereocenters. The Kier molecular flexibility index (Phi) is 10.4. The third-order valence-corrected chi connectivity index (χ3v) is 7.66. The van der Waals surface area contributed by atoms with E-state index in [-0.39, 0.29) is 11.4 Å². The van der Waals surface area contributed by atoms with Gasteiger partial charge in [0.1, 0.15) is 6.04 Å². The van der Waals surface area contributed by atoms with Crippen LogP contribution in [-0.2, 0) is 35.2 Å². The lowest BCUT2D eigenvalue weighted by Gasteiger charge is -2.39. The van der Waals surface area contributed by atoms with Crippen molar-refractivity contribution in [2.75, 3.05) is 39.0 Å². The molecule has 2 unspecified atom stereocenters. The Hall–Kier alpha value is -2.85. The van der Waals surface area contributed by atoms with Crippen molar-refractivity contribution in [3.05, 3.63) is 89.5 Å². The number of piperazine rings is 1. The van der Waals surface area contributed by atoms with Crippen molar-refractivity contribution < 1.29 is 14.5 Å². The number of carbonyl (C=O) groups excluding carboxylic acids is 1. The van der Waals surface area contributed by atoms with Crippen LogP contribution in [0.15, 0.2) is 67.1 Å². The van der Waals surface area contributed by atoms with Crippen molar-refractivity contribution in [3.8, 4) is 0 Å². The maximum Gasteiger partial charge on any atom is 0.239 e. The first-order valence-electron chi connectivity index (χ1n) is 12.2. The van der Waals surface area contributed by atoms with Gasteiger partial charge in [0.05, 0.1) is 17.3 Å². The van der Waals surface area contributed by atoms with Crippen molar-refractivity contribution in [2.45, 2.75) is 32.4 Å². The number of hydrogen-bond acceptors (Lipinski definition) is 4. The lowest BCUT2D eigenvalue weighted by molar-refractivity contribution is -0.126. The molecule has 0 radical (unpaired) electrons. The standard InChI is InChI=1S/C27H35N5O2S.H2O/c1-22-8-10-23(11-9-22)13-15-30-16-17-32(35(2)34)26(20-30)27(33)29-14-12-25-18-28-21-31(25)19-24-6-4-3-5-7-24;/h3-11,18,21,26H,12-17,19-20H2,1-2H3,(H,29,33);1H2. The first kappa shape index (κ1) is 27.7. The van der Waals surface area contributed by atoms with E-state index in [1.54, 1.807) is 6.26 Å². The highest BCUT2D eigenvalue weighted by molar-refractivity contribution is 7.81. The molecule has 36 heavy (non-hydrogen) atoms. The minimum atomic E-state index is -1.19. The second kappa shape index (κ2) is 13.5. The van der Waals surface area contributed by atoms with Crippen LogP contribution in [0.25, 0.3) is 0 Å². The number of amides is 1. The lowest BCUT2D eigenvalue weighted by Crippen LogP contribution is -2.59. The Labute approximate surface area is 216 Å². The number of rotatable bonds is 10. The van der Waals surface area contributed by atoms with Crippen molar-refractivity contribution >= 4 is 16.9 Å². The predicted molar refractivity (Wildman–Crippen MR) is 144 cm³/mol. The largest absolute Gasteiger partial charge is 0.412 e. The maximum absolute atomic E-state index is 13.1. The maximum atomic E-state index is 13.1. The van der Waals surface area contributed by atoms with Gasteiger partial charge in [0, 0.05) is 63.8 Å². The van der Waals surface area contributed by atoms with Crippen LogP contribution >= 0.6 is 0 Å². The van der Waals surface area contributed by atoms with Crippen LogP contribution in [0, 0.1) is 6.92 Å². The summed E-state index contributed by atoms with van der Waals surface area (Å²) in [6.45, 7) is 6.27. The van der Waals surface area contributed by atoms with Gasteiger partial charge in [-0.3, -0.25) is 9.69 Å². The zero-order chi connectivity index (χ0) is 24.6. The fourth-order valence-electron chi connectivity index (χ4n) is 4.50. The highest BCUT2D eigenvalue weighted by atomic mass is 32.2. The average molecular weight is 512 g/mol. The molecule has 0 spiro atoms. The topological polar surface area (TPSA) is 102 Å². The number of nitrogens with zero attached hydrogens (tertiary/aromatic N) is 4. The van der Waals surface area contributed by atoms with Gasteiger partial charge in [-0.1, -0.05) is 60.2 Å². The molecule has 4 rings (SSSR count). The molecule has 1 aliphatic rings. The Morgan fingerprint density at radius 1 is 1.06 bits per heavy atom. The van der Waals surface area contributed by atoms with Crippen LogP contribution in [0.5, 0.6) is 0 Å². The van der Waals surface area contributed by atoms with Crippen molar-refractivity contribution in [1.29, 1.82) is 0 Å². The SMILES string of the molecule is Cc1ccc(CCN2CCN(S(C)=O)C(C(=O)NCCc3cncn3Cc3ccccc3)C2)cc1.O. The second-order valence-corrected chi connectivity index (χ2v) is 10.5. The molecule has 1 amide bonds. The van der Waals surface area contributed by atoms with E-state index in [1.165, 1.54) is 16.7 Å². The predicted octanol–water partition coefficient (Wildman–Crippen LogP) is 1.60. The molecule has 3 N–H and O–H groups in total. The number of aryl methyl sites for hydroxylation is 1. The van der Waals surface area contributed by atoms with Crippen LogP contribution in [0.1, 0.15) is 22.4 Å². The van der Waals surface area contributed by atoms with Gasteiger partial charge >= 0.3 is 0 Å². The molecule has 1 saturated heterocycles. The van der Waals surface area contributed by atoms with Gasteiger partial charge in [0.15, 0.2) is 0 Å². The molecule has 0 saturated carbocycles. The van der Waals surface area contributed by atoms with E-state index in [0.717, 1.165) is 31.7 Å². The number of hydrogen-bond donors (Lipinski definition) is 1. The third kappa shape index (κ3) is 7.57. The molecule has 8 nitrogen and oxygen atoms in total. The quantitative estimate of drug-likeness (QED) is 0.447. The highest BCUT2D eigenvalue weighted by Gasteiger charge is 2.34. The minimum Gasteiger partial charge on any atom is -0.412 e. The molecule has 3 aromatic rings. The summed E-state index contributed by atoms with van der Waals surface area (Å²) in [5.41, 5.74) is 4.84. The molecule has 194 valence electrons. The molecule has 0 bridgehead atoms. The normalized spacial score (nSPS) is 17.3. The van der Waals surface area contributed by atoms with Crippen LogP contribution in [0.3, 0.4) is 0 Å². The second-order valence-electron chi connectivity index (χ2n) is 9.16. The zero-order valence-corrected chi connectivity index (χ0v) is 21.9. The summed E-state index contributed by atoms with van der Waals surface area (Å²) in [5, 5.41) is 3.08. The van der Waals surface area contributed by atoms with E-state index in [4.69, 9.17) is 0 Å². The van der Waals surface area contributed by atoms with Crippen LogP contribution < -0.4 is 5.32 Å². The smallest absolute Gasteiger partial charge is 0.239 e. The minimum absolute atomic E-state index is 0. The highest BCUT2D eigenvalue weighted by Crippen LogP contribution is 2.14. The van der Waals surface area contributed by atoms with E-state index in [0.29, 0.717) is 26.1 Å². The van der Waals surface area contributed by atoms with Gasteiger partial charge in [0.2, 0.25) is 5.91 Å². The first-order valence-corrected chi connectivity index (χ1v) is 13.7. The van der Waals surface area contributed by atoms with Gasteiger partial charge in [-0.15, -0.1) is 0 Å². The van der Waals surface area contributed by atoms with E-state index >= 15 is 0 Å². The van der Waals surface area contributed by atoms with E-state index in [9.17, 15) is 9.00 Å². The van der Waals surface area contributed by atoms with Gasteiger partial charge < -0.3 is 15.4 Å². The van der Waals surface area contributed by atoms with Gasteiger partial charge in [-0.25, -0.2) is 13.5 Å². The summed E-state index contributed by atoms with van der Waals surface area (Å²) in [4.78, 5) is 19.7. The summed E-state index contributed by atoms with van der Waals surface area (Å²) < 4.78 is 16.3. The van der Waals surface area contributed by atoms with Crippen LogP contribution in [0.4, 0.5) is 0 Å². The Morgan fingerprint density at radius 3 is 2.53 bits per heavy atom. The summed E-state index contributed by atoms with van der Waals surface area (Å²) in [6.07, 6.45) is 6.98.